The molecule has 0 fully saturated rings. The Morgan fingerprint density at radius 3 is 2.94 bits per heavy atom. The summed E-state index contributed by atoms with van der Waals surface area (Å²) < 4.78 is 2.82. The average Bonchev–Trinajstić information content (AvgIpc) is 2.85. The Morgan fingerprint density at radius 1 is 1.47 bits per heavy atom. The van der Waals surface area contributed by atoms with Crippen molar-refractivity contribution in [2.45, 2.75) is 0 Å². The van der Waals surface area contributed by atoms with Crippen LogP contribution in [0.5, 0.6) is 0 Å². The molecule has 3 heterocycles. The third kappa shape index (κ3) is 1.74. The van der Waals surface area contributed by atoms with Gasteiger partial charge in [-0.1, -0.05) is 11.6 Å². The summed E-state index contributed by atoms with van der Waals surface area (Å²) in [6, 6.07) is 5.65. The maximum absolute atomic E-state index is 6.09. The van der Waals surface area contributed by atoms with Crippen LogP contribution in [0.3, 0.4) is 0 Å². The van der Waals surface area contributed by atoms with E-state index < -0.39 is 0 Å². The number of pyridine rings is 1. The van der Waals surface area contributed by atoms with Gasteiger partial charge in [-0.15, -0.1) is 11.3 Å². The van der Waals surface area contributed by atoms with Gasteiger partial charge >= 0.3 is 0 Å². The smallest absolute Gasteiger partial charge is 0.158 e. The molecular weight excluding hydrogens is 322 g/mol. The van der Waals surface area contributed by atoms with E-state index in [0.29, 0.717) is 16.5 Å². The number of anilines is 1. The second kappa shape index (κ2) is 4.01. The summed E-state index contributed by atoms with van der Waals surface area (Å²) in [4.78, 5) is 5.51. The first-order valence-electron chi connectivity index (χ1n) is 4.83. The number of nitrogens with zero attached hydrogens (tertiary/aromatic N) is 2. The van der Waals surface area contributed by atoms with Crippen LogP contribution in [0.15, 0.2) is 34.2 Å². The second-order valence-electron chi connectivity index (χ2n) is 3.52. The Labute approximate surface area is 115 Å². The van der Waals surface area contributed by atoms with Gasteiger partial charge in [0.25, 0.3) is 0 Å². The molecule has 0 saturated carbocycles. The van der Waals surface area contributed by atoms with Gasteiger partial charge in [-0.2, -0.15) is 0 Å². The zero-order valence-corrected chi connectivity index (χ0v) is 11.7. The van der Waals surface area contributed by atoms with Crippen LogP contribution in [0.25, 0.3) is 16.2 Å². The van der Waals surface area contributed by atoms with E-state index in [1.54, 1.807) is 21.8 Å². The molecule has 0 aliphatic carbocycles. The maximum atomic E-state index is 6.09. The minimum absolute atomic E-state index is 0.598. The highest BCUT2D eigenvalue weighted by molar-refractivity contribution is 9.10. The Bertz CT molecular complexity index is 704. The van der Waals surface area contributed by atoms with Gasteiger partial charge in [-0.05, 0) is 34.1 Å². The summed E-state index contributed by atoms with van der Waals surface area (Å²) in [5.74, 6) is 0.608. The molecule has 0 saturated heterocycles. The lowest BCUT2D eigenvalue weighted by Gasteiger charge is -1.96. The molecule has 86 valence electrons. The fourth-order valence-corrected chi connectivity index (χ4v) is 3.30. The van der Waals surface area contributed by atoms with Crippen molar-refractivity contribution in [2.75, 3.05) is 5.73 Å². The molecule has 3 aromatic rings. The van der Waals surface area contributed by atoms with Crippen molar-refractivity contribution in [3.8, 4) is 10.6 Å². The van der Waals surface area contributed by atoms with Gasteiger partial charge in [0, 0.05) is 16.0 Å². The number of imidazole rings is 1. The van der Waals surface area contributed by atoms with Crippen molar-refractivity contribution in [1.82, 2.24) is 9.38 Å². The largest absolute Gasteiger partial charge is 0.383 e. The molecule has 0 unspecified atom stereocenters. The van der Waals surface area contributed by atoms with Crippen molar-refractivity contribution in [3.63, 3.8) is 0 Å². The summed E-state index contributed by atoms with van der Waals surface area (Å²) >= 11 is 11.1. The van der Waals surface area contributed by atoms with E-state index in [0.717, 1.165) is 15.0 Å². The van der Waals surface area contributed by atoms with Crippen LogP contribution >= 0.6 is 38.9 Å². The van der Waals surface area contributed by atoms with Crippen LogP contribution in [0.2, 0.25) is 5.02 Å². The van der Waals surface area contributed by atoms with Gasteiger partial charge in [0.1, 0.15) is 11.5 Å². The monoisotopic (exact) mass is 327 g/mol. The number of fused-ring (bicyclic) bond motifs is 1. The molecule has 0 spiro atoms. The molecular formula is C11H7BrClN3S. The van der Waals surface area contributed by atoms with Crippen LogP contribution < -0.4 is 5.73 Å². The van der Waals surface area contributed by atoms with Crippen molar-refractivity contribution >= 4 is 50.3 Å². The number of halogens is 2. The molecule has 2 N–H and O–H groups in total. The van der Waals surface area contributed by atoms with Crippen molar-refractivity contribution in [1.29, 1.82) is 0 Å². The Morgan fingerprint density at radius 2 is 2.29 bits per heavy atom. The van der Waals surface area contributed by atoms with Crippen LogP contribution in [0, 0.1) is 0 Å². The summed E-state index contributed by atoms with van der Waals surface area (Å²) in [7, 11) is 0. The van der Waals surface area contributed by atoms with Crippen LogP contribution in [0.1, 0.15) is 0 Å². The predicted octanol–water partition coefficient (Wildman–Crippen LogP) is 4.06. The van der Waals surface area contributed by atoms with Crippen molar-refractivity contribution < 1.29 is 0 Å². The molecule has 3 rings (SSSR count). The van der Waals surface area contributed by atoms with Gasteiger partial charge in [0.2, 0.25) is 0 Å². The highest BCUT2D eigenvalue weighted by atomic mass is 79.9. The molecule has 0 bridgehead atoms. The van der Waals surface area contributed by atoms with E-state index in [1.807, 2.05) is 23.7 Å². The summed E-state index contributed by atoms with van der Waals surface area (Å²) in [5.41, 5.74) is 7.54. The topological polar surface area (TPSA) is 43.3 Å². The Kier molecular flexibility index (Phi) is 2.61. The van der Waals surface area contributed by atoms with E-state index in [2.05, 4.69) is 20.9 Å². The molecule has 3 aromatic heterocycles. The first-order chi connectivity index (χ1) is 8.16. The third-order valence-corrected chi connectivity index (χ3v) is 4.43. The minimum atomic E-state index is 0.598. The molecule has 0 atom stereocenters. The molecule has 17 heavy (non-hydrogen) atoms. The zero-order valence-electron chi connectivity index (χ0n) is 8.52. The first-order valence-corrected chi connectivity index (χ1v) is 6.88. The summed E-state index contributed by atoms with van der Waals surface area (Å²) in [6.07, 6.45) is 1.86. The number of hydrogen-bond donors (Lipinski definition) is 1. The Hall–Kier alpha value is -1.04. The fourth-order valence-electron chi connectivity index (χ4n) is 1.67. The number of aromatic nitrogens is 2. The summed E-state index contributed by atoms with van der Waals surface area (Å²) in [6.45, 7) is 0. The maximum Gasteiger partial charge on any atom is 0.158 e. The standard InChI is InChI=1S/C11H7BrClN3S/c12-6-4-8(17-5-6)9-10(14)16-3-1-2-7(13)11(16)15-9/h1-5H,14H2. The number of rotatable bonds is 1. The Balaban J connectivity index is 2.31. The first kappa shape index (κ1) is 11.1. The SMILES string of the molecule is Nc1c(-c2cc(Br)cs2)nc2c(Cl)cccn12. The highest BCUT2D eigenvalue weighted by Crippen LogP contribution is 2.34. The van der Waals surface area contributed by atoms with E-state index >= 15 is 0 Å². The average molecular weight is 329 g/mol. The molecule has 6 heteroatoms. The van der Waals surface area contributed by atoms with Crippen molar-refractivity contribution in [3.05, 3.63) is 39.3 Å². The molecule has 0 aromatic carbocycles. The van der Waals surface area contributed by atoms with Crippen molar-refractivity contribution in [2.24, 2.45) is 0 Å². The molecule has 0 amide bonds. The molecule has 0 aliphatic heterocycles. The minimum Gasteiger partial charge on any atom is -0.383 e. The van der Waals surface area contributed by atoms with Crippen LogP contribution in [-0.2, 0) is 0 Å². The lowest BCUT2D eigenvalue weighted by molar-refractivity contribution is 1.20. The summed E-state index contributed by atoms with van der Waals surface area (Å²) in [5, 5.41) is 2.60. The molecule has 3 nitrogen and oxygen atoms in total. The molecule has 0 aliphatic rings. The highest BCUT2D eigenvalue weighted by Gasteiger charge is 2.14. The second-order valence-corrected chi connectivity index (χ2v) is 5.76. The van der Waals surface area contributed by atoms with Gasteiger partial charge in [-0.3, -0.25) is 4.40 Å². The number of nitrogens with two attached hydrogens (primary N) is 1. The van der Waals surface area contributed by atoms with E-state index in [1.165, 1.54) is 0 Å². The zero-order chi connectivity index (χ0) is 12.0. The van der Waals surface area contributed by atoms with Crippen LogP contribution in [-0.4, -0.2) is 9.38 Å². The lowest BCUT2D eigenvalue weighted by atomic mass is 10.3. The quantitative estimate of drug-likeness (QED) is 0.732. The van der Waals surface area contributed by atoms with E-state index in [4.69, 9.17) is 17.3 Å². The fraction of sp³-hybridized carbons (Fsp3) is 0. The lowest BCUT2D eigenvalue weighted by Crippen LogP contribution is -1.93. The third-order valence-electron chi connectivity index (χ3n) is 2.44. The number of hydrogen-bond acceptors (Lipinski definition) is 3. The normalized spacial score (nSPS) is 11.2. The van der Waals surface area contributed by atoms with Gasteiger partial charge in [-0.25, -0.2) is 4.98 Å². The van der Waals surface area contributed by atoms with Crippen LogP contribution in [0.4, 0.5) is 5.82 Å². The number of thiophene rings is 1. The predicted molar refractivity (Wildman–Crippen MR) is 75.6 cm³/mol. The van der Waals surface area contributed by atoms with E-state index in [-0.39, 0.29) is 0 Å². The number of nitrogen functional groups attached to an aromatic ring is 1. The van der Waals surface area contributed by atoms with Gasteiger partial charge in [0.15, 0.2) is 5.65 Å². The van der Waals surface area contributed by atoms with E-state index in [9.17, 15) is 0 Å². The molecule has 0 radical (unpaired) electrons. The van der Waals surface area contributed by atoms with Gasteiger partial charge in [0.05, 0.1) is 9.90 Å². The van der Waals surface area contributed by atoms with Gasteiger partial charge < -0.3 is 5.73 Å².